The molecule has 2 aliphatic rings. The lowest BCUT2D eigenvalue weighted by atomic mass is 9.98. The van der Waals surface area contributed by atoms with Crippen LogP contribution in [0.3, 0.4) is 0 Å². The number of benzene rings is 3. The topological polar surface area (TPSA) is 122 Å². The maximum absolute atomic E-state index is 13.6. The molecule has 0 spiro atoms. The SMILES string of the molecule is CC1SCC(C(=O)O)N1C(=O)[C@H](CC(=O)OCc1ccccc1)NC(=O)OCC1c2ccccc2-c2ccccc21. The Morgan fingerprint density at radius 3 is 2.17 bits per heavy atom. The summed E-state index contributed by atoms with van der Waals surface area (Å²) in [5.74, 6) is -2.53. The van der Waals surface area contributed by atoms with Crippen molar-refractivity contribution in [2.45, 2.75) is 43.3 Å². The van der Waals surface area contributed by atoms with Gasteiger partial charge in [-0.1, -0.05) is 78.9 Å². The highest BCUT2D eigenvalue weighted by Crippen LogP contribution is 2.44. The van der Waals surface area contributed by atoms with Gasteiger partial charge in [-0.3, -0.25) is 9.59 Å². The lowest BCUT2D eigenvalue weighted by Crippen LogP contribution is -2.54. The third-order valence-electron chi connectivity index (χ3n) is 7.31. The Bertz CT molecular complexity index is 1400. The van der Waals surface area contributed by atoms with Crippen LogP contribution in [-0.2, 0) is 30.5 Å². The summed E-state index contributed by atoms with van der Waals surface area (Å²) in [6.45, 7) is 1.73. The van der Waals surface area contributed by atoms with Crippen LogP contribution in [0.15, 0.2) is 78.9 Å². The standard InChI is InChI=1S/C31H30N2O7S/c1-19-33(27(18-41-19)30(36)37)29(35)26(15-28(34)39-16-20-9-3-2-4-10-20)32-31(38)40-17-25-23-13-7-5-11-21(23)22-12-6-8-14-24(22)25/h2-14,19,25-27H,15-18H2,1H3,(H,32,38)(H,36,37)/t19?,26-,27?/m0/s1. The third-order valence-corrected chi connectivity index (χ3v) is 8.53. The molecule has 41 heavy (non-hydrogen) atoms. The number of nitrogens with zero attached hydrogens (tertiary/aromatic N) is 1. The van der Waals surface area contributed by atoms with Crippen LogP contribution in [0.2, 0.25) is 0 Å². The minimum Gasteiger partial charge on any atom is -0.480 e. The molecule has 2 N–H and O–H groups in total. The number of alkyl carbamates (subject to hydrolysis) is 1. The van der Waals surface area contributed by atoms with Crippen molar-refractivity contribution in [3.8, 4) is 11.1 Å². The summed E-state index contributed by atoms with van der Waals surface area (Å²) in [5, 5.41) is 11.7. The number of esters is 1. The van der Waals surface area contributed by atoms with Crippen molar-refractivity contribution in [3.63, 3.8) is 0 Å². The Morgan fingerprint density at radius 2 is 1.54 bits per heavy atom. The van der Waals surface area contributed by atoms with E-state index in [0.717, 1.165) is 27.8 Å². The minimum atomic E-state index is -1.36. The number of hydrogen-bond acceptors (Lipinski definition) is 7. The molecule has 3 aromatic rings. The van der Waals surface area contributed by atoms with Gasteiger partial charge >= 0.3 is 18.0 Å². The first-order chi connectivity index (χ1) is 19.8. The zero-order valence-corrected chi connectivity index (χ0v) is 23.2. The van der Waals surface area contributed by atoms with Crippen LogP contribution in [0, 0.1) is 0 Å². The van der Waals surface area contributed by atoms with E-state index in [0.29, 0.717) is 0 Å². The molecule has 5 rings (SSSR count). The average Bonchev–Trinajstić information content (AvgIpc) is 3.53. The molecule has 2 unspecified atom stereocenters. The van der Waals surface area contributed by atoms with Gasteiger partial charge in [0, 0.05) is 11.7 Å². The van der Waals surface area contributed by atoms with E-state index in [1.54, 1.807) is 19.1 Å². The van der Waals surface area contributed by atoms with Crippen LogP contribution in [0.25, 0.3) is 11.1 Å². The number of ether oxygens (including phenoxy) is 2. The Balaban J connectivity index is 1.29. The minimum absolute atomic E-state index is 0.000746. The quantitative estimate of drug-likeness (QED) is 0.361. The molecule has 2 amide bonds. The summed E-state index contributed by atoms with van der Waals surface area (Å²) in [6, 6.07) is 22.4. The Kier molecular flexibility index (Phi) is 8.58. The predicted octanol–water partition coefficient (Wildman–Crippen LogP) is 4.40. The molecule has 212 valence electrons. The summed E-state index contributed by atoms with van der Waals surface area (Å²) < 4.78 is 11.0. The van der Waals surface area contributed by atoms with E-state index < -0.39 is 47.8 Å². The molecule has 3 aromatic carbocycles. The van der Waals surface area contributed by atoms with Crippen LogP contribution in [0.4, 0.5) is 4.79 Å². The molecule has 0 radical (unpaired) electrons. The van der Waals surface area contributed by atoms with Crippen molar-refractivity contribution < 1.29 is 33.8 Å². The number of carbonyl (C=O) groups is 4. The van der Waals surface area contributed by atoms with E-state index in [4.69, 9.17) is 9.47 Å². The molecule has 0 bridgehead atoms. The maximum atomic E-state index is 13.6. The van der Waals surface area contributed by atoms with Gasteiger partial charge < -0.3 is 24.8 Å². The molecular formula is C31H30N2O7S. The lowest BCUT2D eigenvalue weighted by molar-refractivity contribution is -0.152. The number of carboxylic acid groups (broad SMARTS) is 1. The molecule has 3 atom stereocenters. The van der Waals surface area contributed by atoms with Crippen molar-refractivity contribution in [3.05, 3.63) is 95.6 Å². The molecular weight excluding hydrogens is 544 g/mol. The van der Waals surface area contributed by atoms with Gasteiger partial charge in [-0.25, -0.2) is 9.59 Å². The first-order valence-electron chi connectivity index (χ1n) is 13.3. The van der Waals surface area contributed by atoms with Gasteiger partial charge in [-0.2, -0.15) is 0 Å². The highest BCUT2D eigenvalue weighted by atomic mass is 32.2. The van der Waals surface area contributed by atoms with Crippen LogP contribution in [-0.4, -0.2) is 63.8 Å². The van der Waals surface area contributed by atoms with Crippen molar-refractivity contribution >= 4 is 35.7 Å². The van der Waals surface area contributed by atoms with Gasteiger partial charge in [0.2, 0.25) is 5.91 Å². The van der Waals surface area contributed by atoms with Gasteiger partial charge in [0.15, 0.2) is 0 Å². The van der Waals surface area contributed by atoms with E-state index in [2.05, 4.69) is 5.32 Å². The Morgan fingerprint density at radius 1 is 0.927 bits per heavy atom. The molecule has 1 aliphatic heterocycles. The van der Waals surface area contributed by atoms with E-state index >= 15 is 0 Å². The van der Waals surface area contributed by atoms with Gasteiger partial charge in [0.1, 0.15) is 25.3 Å². The number of hydrogen-bond donors (Lipinski definition) is 2. The highest BCUT2D eigenvalue weighted by Gasteiger charge is 2.43. The number of aliphatic carboxylic acids is 1. The molecule has 0 saturated carbocycles. The monoisotopic (exact) mass is 574 g/mol. The molecule has 0 aromatic heterocycles. The maximum Gasteiger partial charge on any atom is 0.407 e. The normalized spacial score (nSPS) is 18.2. The van der Waals surface area contributed by atoms with Crippen LogP contribution < -0.4 is 5.32 Å². The fraction of sp³-hybridized carbons (Fsp3) is 0.290. The van der Waals surface area contributed by atoms with E-state index in [-0.39, 0.29) is 24.9 Å². The van der Waals surface area contributed by atoms with Crippen LogP contribution in [0.5, 0.6) is 0 Å². The second kappa shape index (κ2) is 12.5. The van der Waals surface area contributed by atoms with Crippen molar-refractivity contribution in [1.82, 2.24) is 10.2 Å². The smallest absolute Gasteiger partial charge is 0.407 e. The summed E-state index contributed by atoms with van der Waals surface area (Å²) in [6.07, 6.45) is -1.36. The zero-order valence-electron chi connectivity index (χ0n) is 22.4. The Labute approximate surface area is 241 Å². The van der Waals surface area contributed by atoms with E-state index in [1.165, 1.54) is 16.7 Å². The average molecular weight is 575 g/mol. The molecule has 10 heteroatoms. The number of carboxylic acids is 1. The molecule has 1 aliphatic carbocycles. The second-order valence-corrected chi connectivity index (χ2v) is 11.3. The second-order valence-electron chi connectivity index (χ2n) is 9.91. The van der Waals surface area contributed by atoms with Gasteiger partial charge in [0.05, 0.1) is 11.8 Å². The third kappa shape index (κ3) is 6.22. The summed E-state index contributed by atoms with van der Waals surface area (Å²) in [4.78, 5) is 52.4. The molecule has 1 saturated heterocycles. The first-order valence-corrected chi connectivity index (χ1v) is 14.4. The fourth-order valence-corrected chi connectivity index (χ4v) is 6.47. The highest BCUT2D eigenvalue weighted by molar-refractivity contribution is 8.00. The Hall–Kier alpha value is -4.31. The summed E-state index contributed by atoms with van der Waals surface area (Å²) in [7, 11) is 0. The van der Waals surface area contributed by atoms with Gasteiger partial charge in [-0.15, -0.1) is 11.8 Å². The first kappa shape index (κ1) is 28.2. The van der Waals surface area contributed by atoms with Gasteiger partial charge in [-0.05, 0) is 34.7 Å². The van der Waals surface area contributed by atoms with Gasteiger partial charge in [0.25, 0.3) is 0 Å². The van der Waals surface area contributed by atoms with Crippen molar-refractivity contribution in [2.24, 2.45) is 0 Å². The summed E-state index contributed by atoms with van der Waals surface area (Å²) in [5.41, 5.74) is 4.98. The lowest BCUT2D eigenvalue weighted by Gasteiger charge is -2.29. The number of amides is 2. The van der Waals surface area contributed by atoms with Crippen molar-refractivity contribution in [2.75, 3.05) is 12.4 Å². The van der Waals surface area contributed by atoms with Crippen molar-refractivity contribution in [1.29, 1.82) is 0 Å². The number of fused-ring (bicyclic) bond motifs is 3. The number of thioether (sulfide) groups is 1. The largest absolute Gasteiger partial charge is 0.480 e. The zero-order chi connectivity index (χ0) is 28.9. The molecule has 1 fully saturated rings. The molecule has 1 heterocycles. The number of nitrogens with one attached hydrogen (secondary N) is 1. The number of carbonyl (C=O) groups excluding carboxylic acids is 3. The molecule has 9 nitrogen and oxygen atoms in total. The van der Waals surface area contributed by atoms with Crippen LogP contribution >= 0.6 is 11.8 Å². The summed E-state index contributed by atoms with van der Waals surface area (Å²) >= 11 is 1.31. The number of rotatable bonds is 9. The van der Waals surface area contributed by atoms with E-state index in [9.17, 15) is 24.3 Å². The van der Waals surface area contributed by atoms with E-state index in [1.807, 2.05) is 66.7 Å². The predicted molar refractivity (Wildman–Crippen MR) is 153 cm³/mol. The van der Waals surface area contributed by atoms with Crippen LogP contribution in [0.1, 0.15) is 36.0 Å². The fourth-order valence-electron chi connectivity index (χ4n) is 5.29.